The number of aromatic nitrogens is 2. The molecule has 3 rings (SSSR count). The summed E-state index contributed by atoms with van der Waals surface area (Å²) in [6, 6.07) is 8.95. The van der Waals surface area contributed by atoms with Crippen LogP contribution in [-0.4, -0.2) is 56.6 Å². The first-order chi connectivity index (χ1) is 14.3. The molecule has 2 amide bonds. The fraction of sp³-hybridized carbons (Fsp3) is 0.450. The number of halogens is 2. The summed E-state index contributed by atoms with van der Waals surface area (Å²) in [6.07, 6.45) is -1.09. The van der Waals surface area contributed by atoms with Gasteiger partial charge in [-0.25, -0.2) is 13.5 Å². The molecule has 2 aromatic rings. The van der Waals surface area contributed by atoms with Gasteiger partial charge in [0.25, 0.3) is 12.0 Å². The Balaban J connectivity index is 1.59. The topological polar surface area (TPSA) is 76.3 Å². The number of rotatable bonds is 9. The highest BCUT2D eigenvalue weighted by Gasteiger charge is 2.34. The van der Waals surface area contributed by atoms with Crippen LogP contribution in [0.3, 0.4) is 0 Å². The molecule has 0 radical (unpaired) electrons. The maximum absolute atomic E-state index is 12.8. The maximum atomic E-state index is 12.8. The van der Waals surface area contributed by atoms with Crippen LogP contribution in [0.15, 0.2) is 35.1 Å². The number of hydrogen-bond acceptors (Lipinski definition) is 4. The summed E-state index contributed by atoms with van der Waals surface area (Å²) < 4.78 is 28.4. The Bertz CT molecular complexity index is 970. The SMILES string of the molecule is Cc1c(NC(=O)CSCC(=O)N(CC(F)F)C2CC2)c(=O)n(-c2ccccc2)n1C. The molecule has 1 heterocycles. The first-order valence-electron chi connectivity index (χ1n) is 9.58. The van der Waals surface area contributed by atoms with E-state index in [-0.39, 0.29) is 28.8 Å². The summed E-state index contributed by atoms with van der Waals surface area (Å²) in [6.45, 7) is 1.16. The average molecular weight is 439 g/mol. The number of nitrogens with zero attached hydrogens (tertiary/aromatic N) is 3. The van der Waals surface area contributed by atoms with E-state index in [4.69, 9.17) is 0 Å². The molecule has 1 aliphatic carbocycles. The number of amides is 2. The van der Waals surface area contributed by atoms with E-state index in [1.807, 2.05) is 18.2 Å². The smallest absolute Gasteiger partial charge is 0.295 e. The molecule has 1 aromatic heterocycles. The predicted molar refractivity (Wildman–Crippen MR) is 112 cm³/mol. The van der Waals surface area contributed by atoms with Crippen molar-refractivity contribution in [2.45, 2.75) is 32.2 Å². The molecule has 0 saturated heterocycles. The zero-order valence-electron chi connectivity index (χ0n) is 16.8. The second kappa shape index (κ2) is 9.46. The number of carbonyl (C=O) groups excluding carboxylic acids is 2. The van der Waals surface area contributed by atoms with Crippen LogP contribution in [0.5, 0.6) is 0 Å². The highest BCUT2D eigenvalue weighted by Crippen LogP contribution is 2.28. The van der Waals surface area contributed by atoms with Crippen molar-refractivity contribution < 1.29 is 18.4 Å². The lowest BCUT2D eigenvalue weighted by molar-refractivity contribution is -0.130. The Morgan fingerprint density at radius 2 is 1.90 bits per heavy atom. The van der Waals surface area contributed by atoms with E-state index in [1.165, 1.54) is 9.58 Å². The molecule has 0 aliphatic heterocycles. The number of hydrogen-bond donors (Lipinski definition) is 1. The van der Waals surface area contributed by atoms with E-state index in [0.29, 0.717) is 11.4 Å². The fourth-order valence-electron chi connectivity index (χ4n) is 3.19. The predicted octanol–water partition coefficient (Wildman–Crippen LogP) is 2.41. The zero-order chi connectivity index (χ0) is 21.8. The molecule has 0 bridgehead atoms. The number of nitrogens with one attached hydrogen (secondary N) is 1. The van der Waals surface area contributed by atoms with Gasteiger partial charge in [0.15, 0.2) is 0 Å². The van der Waals surface area contributed by atoms with E-state index < -0.39 is 24.8 Å². The Labute approximate surface area is 177 Å². The first kappa shape index (κ1) is 22.1. The van der Waals surface area contributed by atoms with E-state index in [9.17, 15) is 23.2 Å². The van der Waals surface area contributed by atoms with Gasteiger partial charge in [-0.1, -0.05) is 18.2 Å². The van der Waals surface area contributed by atoms with Crippen LogP contribution in [0, 0.1) is 6.92 Å². The van der Waals surface area contributed by atoms with Crippen molar-refractivity contribution in [1.82, 2.24) is 14.3 Å². The molecule has 1 N–H and O–H groups in total. The monoisotopic (exact) mass is 438 g/mol. The standard InChI is InChI=1S/C20H24F2N4O3S/c1-13-19(20(29)26(24(13)2)15-6-4-3-5-7-15)23-17(27)11-30-12-18(28)25(10-16(21)22)14-8-9-14/h3-7,14,16H,8-12H2,1-2H3,(H,23,27). The molecule has 1 saturated carbocycles. The molecule has 0 atom stereocenters. The molecule has 162 valence electrons. The Kier molecular flexibility index (Phi) is 6.96. The summed E-state index contributed by atoms with van der Waals surface area (Å²) in [5, 5.41) is 2.62. The quantitative estimate of drug-likeness (QED) is 0.652. The minimum atomic E-state index is -2.57. The van der Waals surface area contributed by atoms with Gasteiger partial charge in [-0.2, -0.15) is 0 Å². The number of carbonyl (C=O) groups is 2. The summed E-state index contributed by atoms with van der Waals surface area (Å²) in [5.41, 5.74) is 1.09. The lowest BCUT2D eigenvalue weighted by Crippen LogP contribution is -2.38. The van der Waals surface area contributed by atoms with Crippen LogP contribution in [0.25, 0.3) is 5.69 Å². The van der Waals surface area contributed by atoms with Crippen molar-refractivity contribution in [3.8, 4) is 5.69 Å². The largest absolute Gasteiger partial charge is 0.333 e. The molecule has 1 aromatic carbocycles. The van der Waals surface area contributed by atoms with Gasteiger partial charge in [0.05, 0.1) is 29.4 Å². The van der Waals surface area contributed by atoms with Gasteiger partial charge in [-0.3, -0.25) is 19.1 Å². The lowest BCUT2D eigenvalue weighted by atomic mass is 10.3. The lowest BCUT2D eigenvalue weighted by Gasteiger charge is -2.21. The van der Waals surface area contributed by atoms with Crippen molar-refractivity contribution in [2.75, 3.05) is 23.4 Å². The van der Waals surface area contributed by atoms with Crippen molar-refractivity contribution >= 4 is 29.3 Å². The van der Waals surface area contributed by atoms with Crippen LogP contribution in [0.4, 0.5) is 14.5 Å². The summed E-state index contributed by atoms with van der Waals surface area (Å²) in [4.78, 5) is 38.5. The molecule has 30 heavy (non-hydrogen) atoms. The number of thioether (sulfide) groups is 1. The Morgan fingerprint density at radius 3 is 2.50 bits per heavy atom. The second-order valence-electron chi connectivity index (χ2n) is 7.15. The van der Waals surface area contributed by atoms with Gasteiger partial charge in [-0.05, 0) is 31.9 Å². The van der Waals surface area contributed by atoms with Crippen molar-refractivity contribution in [1.29, 1.82) is 0 Å². The van der Waals surface area contributed by atoms with Gasteiger partial charge in [-0.15, -0.1) is 11.8 Å². The Morgan fingerprint density at radius 1 is 1.23 bits per heavy atom. The highest BCUT2D eigenvalue weighted by atomic mass is 32.2. The maximum Gasteiger partial charge on any atom is 0.295 e. The summed E-state index contributed by atoms with van der Waals surface area (Å²) in [5.74, 6) is -0.931. The van der Waals surface area contributed by atoms with Gasteiger partial charge in [0.1, 0.15) is 5.69 Å². The molecular weight excluding hydrogens is 414 g/mol. The number of anilines is 1. The van der Waals surface area contributed by atoms with Crippen molar-refractivity contribution in [2.24, 2.45) is 7.05 Å². The van der Waals surface area contributed by atoms with Gasteiger partial charge in [0, 0.05) is 13.1 Å². The van der Waals surface area contributed by atoms with E-state index in [2.05, 4.69) is 5.32 Å². The minimum absolute atomic E-state index is 0.0569. The third kappa shape index (κ3) is 5.10. The van der Waals surface area contributed by atoms with E-state index in [1.54, 1.807) is 30.8 Å². The molecule has 7 nitrogen and oxygen atoms in total. The third-order valence-corrected chi connectivity index (χ3v) is 5.84. The van der Waals surface area contributed by atoms with Gasteiger partial charge in [0.2, 0.25) is 11.8 Å². The van der Waals surface area contributed by atoms with Gasteiger partial charge < -0.3 is 10.2 Å². The molecular formula is C20H24F2N4O3S. The zero-order valence-corrected chi connectivity index (χ0v) is 17.6. The van der Waals surface area contributed by atoms with Crippen molar-refractivity contribution in [3.05, 3.63) is 46.4 Å². The Hall–Kier alpha value is -2.62. The average Bonchev–Trinajstić information content (AvgIpc) is 3.52. The second-order valence-corrected chi connectivity index (χ2v) is 8.13. The minimum Gasteiger partial charge on any atom is -0.333 e. The van der Waals surface area contributed by atoms with E-state index >= 15 is 0 Å². The summed E-state index contributed by atoms with van der Waals surface area (Å²) in [7, 11) is 1.72. The third-order valence-electron chi connectivity index (χ3n) is 4.92. The number of para-hydroxylation sites is 1. The van der Waals surface area contributed by atoms with Crippen LogP contribution in [0.1, 0.15) is 18.5 Å². The number of benzene rings is 1. The fourth-order valence-corrected chi connectivity index (χ4v) is 3.89. The highest BCUT2D eigenvalue weighted by molar-refractivity contribution is 8.00. The number of alkyl halides is 2. The van der Waals surface area contributed by atoms with Crippen LogP contribution in [-0.2, 0) is 16.6 Å². The molecule has 1 aliphatic rings. The van der Waals surface area contributed by atoms with E-state index in [0.717, 1.165) is 24.6 Å². The first-order valence-corrected chi connectivity index (χ1v) is 10.7. The van der Waals surface area contributed by atoms with Crippen LogP contribution in [0.2, 0.25) is 0 Å². The van der Waals surface area contributed by atoms with Crippen LogP contribution >= 0.6 is 11.8 Å². The molecule has 1 fully saturated rings. The van der Waals surface area contributed by atoms with Crippen molar-refractivity contribution in [3.63, 3.8) is 0 Å². The van der Waals surface area contributed by atoms with Crippen LogP contribution < -0.4 is 10.9 Å². The molecule has 0 unspecified atom stereocenters. The molecule has 0 spiro atoms. The normalized spacial score (nSPS) is 13.5. The summed E-state index contributed by atoms with van der Waals surface area (Å²) >= 11 is 1.04. The van der Waals surface area contributed by atoms with Gasteiger partial charge >= 0.3 is 0 Å². The molecule has 10 heteroatoms.